The van der Waals surface area contributed by atoms with Crippen molar-refractivity contribution in [3.8, 4) is 0 Å². The predicted octanol–water partition coefficient (Wildman–Crippen LogP) is 3.06. The van der Waals surface area contributed by atoms with Gasteiger partial charge in [-0.05, 0) is 49.2 Å². The Morgan fingerprint density at radius 3 is 2.27 bits per heavy atom. The van der Waals surface area contributed by atoms with Crippen LogP contribution < -0.4 is 0 Å². The number of esters is 1. The Morgan fingerprint density at radius 1 is 1.05 bits per heavy atom. The third-order valence-corrected chi connectivity index (χ3v) is 4.51. The van der Waals surface area contributed by atoms with Gasteiger partial charge in [-0.3, -0.25) is 0 Å². The number of carbonyl (C=O) groups is 1. The molecule has 0 unspecified atom stereocenters. The summed E-state index contributed by atoms with van der Waals surface area (Å²) in [6.45, 7) is 4.14. The molecular formula is C17H18O4S. The number of hydrogen-bond donors (Lipinski definition) is 0. The van der Waals surface area contributed by atoms with Gasteiger partial charge in [0, 0.05) is 6.26 Å². The lowest BCUT2D eigenvalue weighted by atomic mass is 10.1. The molecule has 0 N–H and O–H groups in total. The highest BCUT2D eigenvalue weighted by atomic mass is 32.2. The standard InChI is InChI=1S/C17H18O4S/c1-12-4-5-13(2)15(10-12)11-21-17(18)14-6-8-16(9-7-14)22(3,19)20/h4-10H,11H2,1-3H3. The second-order valence-corrected chi connectivity index (χ2v) is 7.32. The first-order chi connectivity index (χ1) is 10.3. The molecule has 116 valence electrons. The van der Waals surface area contributed by atoms with E-state index in [1.807, 2.05) is 32.0 Å². The van der Waals surface area contributed by atoms with Gasteiger partial charge in [0.05, 0.1) is 10.5 Å². The van der Waals surface area contributed by atoms with Gasteiger partial charge in [0.1, 0.15) is 6.61 Å². The number of rotatable bonds is 4. The van der Waals surface area contributed by atoms with Gasteiger partial charge in [0.15, 0.2) is 9.84 Å². The average molecular weight is 318 g/mol. The van der Waals surface area contributed by atoms with Crippen LogP contribution in [0.25, 0.3) is 0 Å². The Bertz CT molecular complexity index is 790. The van der Waals surface area contributed by atoms with Crippen molar-refractivity contribution in [3.63, 3.8) is 0 Å². The van der Waals surface area contributed by atoms with Crippen LogP contribution in [0.15, 0.2) is 47.4 Å². The van der Waals surface area contributed by atoms with Crippen LogP contribution in [-0.4, -0.2) is 20.6 Å². The first-order valence-corrected chi connectivity index (χ1v) is 8.70. The summed E-state index contributed by atoms with van der Waals surface area (Å²) < 4.78 is 28.0. The molecule has 0 fully saturated rings. The molecule has 2 aromatic rings. The average Bonchev–Trinajstić information content (AvgIpc) is 2.47. The normalized spacial score (nSPS) is 11.2. The van der Waals surface area contributed by atoms with Gasteiger partial charge in [0.25, 0.3) is 0 Å². The molecule has 0 heterocycles. The minimum Gasteiger partial charge on any atom is -0.457 e. The number of hydrogen-bond acceptors (Lipinski definition) is 4. The zero-order valence-electron chi connectivity index (χ0n) is 12.8. The Kier molecular flexibility index (Phi) is 4.66. The molecule has 0 spiro atoms. The first-order valence-electron chi connectivity index (χ1n) is 6.81. The molecule has 0 aliphatic rings. The van der Waals surface area contributed by atoms with E-state index >= 15 is 0 Å². The monoisotopic (exact) mass is 318 g/mol. The molecule has 0 atom stereocenters. The summed E-state index contributed by atoms with van der Waals surface area (Å²) >= 11 is 0. The van der Waals surface area contributed by atoms with E-state index in [4.69, 9.17) is 4.74 Å². The first kappa shape index (κ1) is 16.2. The van der Waals surface area contributed by atoms with Gasteiger partial charge in [-0.2, -0.15) is 0 Å². The number of benzene rings is 2. The summed E-state index contributed by atoms with van der Waals surface area (Å²) in [7, 11) is -3.26. The van der Waals surface area contributed by atoms with Crippen molar-refractivity contribution < 1.29 is 17.9 Å². The summed E-state index contributed by atoms with van der Waals surface area (Å²) in [5.74, 6) is -0.471. The minimum absolute atomic E-state index is 0.179. The molecule has 0 aromatic heterocycles. The van der Waals surface area contributed by atoms with Gasteiger partial charge in [-0.25, -0.2) is 13.2 Å². The van der Waals surface area contributed by atoms with E-state index in [0.29, 0.717) is 5.56 Å². The fourth-order valence-electron chi connectivity index (χ4n) is 2.02. The van der Waals surface area contributed by atoms with Crippen LogP contribution in [0.2, 0.25) is 0 Å². The molecule has 0 aliphatic carbocycles. The molecule has 0 amide bonds. The lowest BCUT2D eigenvalue weighted by Crippen LogP contribution is -2.07. The van der Waals surface area contributed by atoms with E-state index in [2.05, 4.69) is 0 Å². The zero-order chi connectivity index (χ0) is 16.3. The van der Waals surface area contributed by atoms with Crippen molar-refractivity contribution >= 4 is 15.8 Å². The van der Waals surface area contributed by atoms with E-state index in [1.165, 1.54) is 24.3 Å². The highest BCUT2D eigenvalue weighted by Gasteiger charge is 2.11. The summed E-state index contributed by atoms with van der Waals surface area (Å²) in [6, 6.07) is 11.7. The molecule has 0 radical (unpaired) electrons. The maximum Gasteiger partial charge on any atom is 0.338 e. The lowest BCUT2D eigenvalue weighted by molar-refractivity contribution is 0.0472. The van der Waals surface area contributed by atoms with Crippen molar-refractivity contribution in [3.05, 3.63) is 64.7 Å². The Labute approximate surface area is 130 Å². The van der Waals surface area contributed by atoms with Crippen molar-refractivity contribution in [2.75, 3.05) is 6.26 Å². The summed E-state index contributed by atoms with van der Waals surface area (Å²) in [5, 5.41) is 0. The highest BCUT2D eigenvalue weighted by Crippen LogP contribution is 2.14. The second kappa shape index (κ2) is 6.32. The van der Waals surface area contributed by atoms with Crippen LogP contribution in [0.4, 0.5) is 0 Å². The van der Waals surface area contributed by atoms with E-state index in [-0.39, 0.29) is 11.5 Å². The summed E-state index contributed by atoms with van der Waals surface area (Å²) in [5.41, 5.74) is 3.46. The smallest absolute Gasteiger partial charge is 0.338 e. The maximum absolute atomic E-state index is 12.0. The fourth-order valence-corrected chi connectivity index (χ4v) is 2.65. The molecule has 22 heavy (non-hydrogen) atoms. The number of sulfone groups is 1. The third-order valence-electron chi connectivity index (χ3n) is 3.38. The molecule has 5 heteroatoms. The molecule has 4 nitrogen and oxygen atoms in total. The van der Waals surface area contributed by atoms with Gasteiger partial charge >= 0.3 is 5.97 Å². The van der Waals surface area contributed by atoms with Crippen LogP contribution in [-0.2, 0) is 21.2 Å². The predicted molar refractivity (Wildman–Crippen MR) is 84.6 cm³/mol. The minimum atomic E-state index is -3.26. The largest absolute Gasteiger partial charge is 0.457 e. The van der Waals surface area contributed by atoms with Crippen LogP contribution in [0.3, 0.4) is 0 Å². The van der Waals surface area contributed by atoms with E-state index in [1.54, 1.807) is 0 Å². The molecule has 2 rings (SSSR count). The molecule has 2 aromatic carbocycles. The number of aryl methyl sites for hydroxylation is 2. The van der Waals surface area contributed by atoms with Crippen molar-refractivity contribution in [2.45, 2.75) is 25.3 Å². The van der Waals surface area contributed by atoms with Crippen molar-refractivity contribution in [1.29, 1.82) is 0 Å². The SMILES string of the molecule is Cc1ccc(C)c(COC(=O)c2ccc(S(C)(=O)=O)cc2)c1. The second-order valence-electron chi connectivity index (χ2n) is 5.30. The fraction of sp³-hybridized carbons (Fsp3) is 0.235. The molecule has 0 aliphatic heterocycles. The van der Waals surface area contributed by atoms with Crippen LogP contribution in [0.1, 0.15) is 27.0 Å². The number of ether oxygens (including phenoxy) is 1. The maximum atomic E-state index is 12.0. The van der Waals surface area contributed by atoms with Gasteiger partial charge in [-0.1, -0.05) is 23.8 Å². The van der Waals surface area contributed by atoms with Crippen molar-refractivity contribution in [2.24, 2.45) is 0 Å². The molecular weight excluding hydrogens is 300 g/mol. The summed E-state index contributed by atoms with van der Waals surface area (Å²) in [4.78, 5) is 12.2. The Balaban J connectivity index is 2.08. The zero-order valence-corrected chi connectivity index (χ0v) is 13.6. The van der Waals surface area contributed by atoms with E-state index < -0.39 is 15.8 Å². The number of carbonyl (C=O) groups excluding carboxylic acids is 1. The highest BCUT2D eigenvalue weighted by molar-refractivity contribution is 7.90. The third kappa shape index (κ3) is 3.95. The van der Waals surface area contributed by atoms with Crippen LogP contribution in [0.5, 0.6) is 0 Å². The lowest BCUT2D eigenvalue weighted by Gasteiger charge is -2.09. The molecule has 0 saturated carbocycles. The topological polar surface area (TPSA) is 60.4 Å². The van der Waals surface area contributed by atoms with E-state index in [0.717, 1.165) is 22.9 Å². The Morgan fingerprint density at radius 2 is 1.68 bits per heavy atom. The summed E-state index contributed by atoms with van der Waals surface area (Å²) in [6.07, 6.45) is 1.13. The Hall–Kier alpha value is -2.14. The molecule has 0 saturated heterocycles. The van der Waals surface area contributed by atoms with Gasteiger partial charge < -0.3 is 4.74 Å². The van der Waals surface area contributed by atoms with Crippen molar-refractivity contribution in [1.82, 2.24) is 0 Å². The van der Waals surface area contributed by atoms with Crippen LogP contribution >= 0.6 is 0 Å². The molecule has 0 bridgehead atoms. The van der Waals surface area contributed by atoms with Gasteiger partial charge in [-0.15, -0.1) is 0 Å². The van der Waals surface area contributed by atoms with Crippen LogP contribution in [0, 0.1) is 13.8 Å². The van der Waals surface area contributed by atoms with Gasteiger partial charge in [0.2, 0.25) is 0 Å². The van der Waals surface area contributed by atoms with E-state index in [9.17, 15) is 13.2 Å². The quantitative estimate of drug-likeness (QED) is 0.813.